The lowest BCUT2D eigenvalue weighted by atomic mass is 9.95. The number of carbonyl (C=O) groups excluding carboxylic acids is 1. The van der Waals surface area contributed by atoms with Gasteiger partial charge in [0.2, 0.25) is 0 Å². The summed E-state index contributed by atoms with van der Waals surface area (Å²) in [5.41, 5.74) is 0. The first kappa shape index (κ1) is 16.8. The molecule has 2 N–H and O–H groups in total. The van der Waals surface area contributed by atoms with Gasteiger partial charge in [-0.3, -0.25) is 0 Å². The molecule has 19 heavy (non-hydrogen) atoms. The van der Waals surface area contributed by atoms with Crippen molar-refractivity contribution in [2.75, 3.05) is 6.61 Å². The highest BCUT2D eigenvalue weighted by Gasteiger charge is 2.38. The molecule has 1 saturated heterocycles. The van der Waals surface area contributed by atoms with Gasteiger partial charge in [0.1, 0.15) is 6.29 Å². The van der Waals surface area contributed by atoms with E-state index in [1.54, 1.807) is 0 Å². The molecule has 1 aliphatic heterocycles. The van der Waals surface area contributed by atoms with Gasteiger partial charge in [-0.15, -0.1) is 0 Å². The number of carbonyl (C=O) groups is 1. The molecular formula is C14H29NO3Si. The van der Waals surface area contributed by atoms with Crippen LogP contribution in [0.1, 0.15) is 40.0 Å². The van der Waals surface area contributed by atoms with Crippen LogP contribution in [0.4, 0.5) is 0 Å². The van der Waals surface area contributed by atoms with E-state index >= 15 is 0 Å². The van der Waals surface area contributed by atoms with Crippen molar-refractivity contribution in [2.24, 2.45) is 0 Å². The minimum Gasteiger partial charge on any atom is -0.415 e. The van der Waals surface area contributed by atoms with Gasteiger partial charge in [0, 0.05) is 12.5 Å². The van der Waals surface area contributed by atoms with Gasteiger partial charge in [-0.2, -0.15) is 0 Å². The Balaban J connectivity index is 2.53. The smallest absolute Gasteiger partial charge is 0.192 e. The van der Waals surface area contributed by atoms with E-state index in [2.05, 4.69) is 39.2 Å². The van der Waals surface area contributed by atoms with Crippen molar-refractivity contribution in [3.8, 4) is 0 Å². The Morgan fingerprint density at radius 3 is 2.53 bits per heavy atom. The molecule has 1 heterocycles. The Kier molecular flexibility index (Phi) is 5.74. The average molecular weight is 287 g/mol. The normalized spacial score (nSPS) is 29.3. The summed E-state index contributed by atoms with van der Waals surface area (Å²) in [6, 6.07) is 0.141. The van der Waals surface area contributed by atoms with Crippen LogP contribution in [0.25, 0.3) is 0 Å². The Hall–Kier alpha value is -0.233. The molecule has 0 aromatic rings. The van der Waals surface area contributed by atoms with Crippen LogP contribution in [-0.4, -0.2) is 44.5 Å². The van der Waals surface area contributed by atoms with E-state index in [0.29, 0.717) is 13.0 Å². The van der Waals surface area contributed by atoms with E-state index in [-0.39, 0.29) is 23.2 Å². The fourth-order valence-corrected chi connectivity index (χ4v) is 3.08. The number of aliphatic hydroxyl groups is 1. The molecule has 0 aliphatic carbocycles. The van der Waals surface area contributed by atoms with E-state index in [1.807, 2.05) is 0 Å². The van der Waals surface area contributed by atoms with Crippen LogP contribution in [0.2, 0.25) is 18.1 Å². The highest BCUT2D eigenvalue weighted by atomic mass is 28.4. The standard InChI is InChI=1S/C14H29NO3Si/c1-14(2,3)19(4,5)18-10-12-13(17)7-6-11(15-12)8-9-16/h9,11-13,15,17H,6-8,10H2,1-5H3/t11-,12-,13+/m1/s1. The van der Waals surface area contributed by atoms with E-state index < -0.39 is 8.32 Å². The van der Waals surface area contributed by atoms with Gasteiger partial charge >= 0.3 is 0 Å². The number of hydrogen-bond donors (Lipinski definition) is 2. The highest BCUT2D eigenvalue weighted by Crippen LogP contribution is 2.36. The van der Waals surface area contributed by atoms with Crippen LogP contribution in [-0.2, 0) is 9.22 Å². The predicted octanol–water partition coefficient (Wildman–Crippen LogP) is 2.08. The molecule has 0 aromatic carbocycles. The van der Waals surface area contributed by atoms with Gasteiger partial charge < -0.3 is 19.6 Å². The lowest BCUT2D eigenvalue weighted by molar-refractivity contribution is -0.108. The third-order valence-electron chi connectivity index (χ3n) is 4.54. The third-order valence-corrected chi connectivity index (χ3v) is 9.04. The molecule has 0 unspecified atom stereocenters. The molecule has 0 saturated carbocycles. The number of rotatable bonds is 5. The van der Waals surface area contributed by atoms with Crippen molar-refractivity contribution in [3.05, 3.63) is 0 Å². The summed E-state index contributed by atoms with van der Waals surface area (Å²) in [7, 11) is -1.78. The van der Waals surface area contributed by atoms with Crippen LogP contribution in [0, 0.1) is 0 Å². The molecule has 1 fully saturated rings. The van der Waals surface area contributed by atoms with Gasteiger partial charge in [-0.1, -0.05) is 20.8 Å². The maximum Gasteiger partial charge on any atom is 0.192 e. The molecule has 112 valence electrons. The van der Waals surface area contributed by atoms with Gasteiger partial charge in [-0.25, -0.2) is 0 Å². The summed E-state index contributed by atoms with van der Waals surface area (Å²) >= 11 is 0. The lowest BCUT2D eigenvalue weighted by Gasteiger charge is -2.40. The van der Waals surface area contributed by atoms with E-state index in [4.69, 9.17) is 4.43 Å². The molecule has 1 rings (SSSR count). The van der Waals surface area contributed by atoms with Crippen LogP contribution in [0.15, 0.2) is 0 Å². The van der Waals surface area contributed by atoms with Crippen molar-refractivity contribution >= 4 is 14.6 Å². The monoisotopic (exact) mass is 287 g/mol. The maximum atomic E-state index is 10.6. The number of aldehydes is 1. The molecule has 3 atom stereocenters. The minimum atomic E-state index is -1.78. The summed E-state index contributed by atoms with van der Waals surface area (Å²) < 4.78 is 6.16. The second-order valence-corrected chi connectivity index (χ2v) is 11.9. The Morgan fingerprint density at radius 1 is 1.37 bits per heavy atom. The first-order valence-electron chi connectivity index (χ1n) is 7.19. The molecule has 0 bridgehead atoms. The number of hydrogen-bond acceptors (Lipinski definition) is 4. The third kappa shape index (κ3) is 4.67. The van der Waals surface area contributed by atoms with Crippen LogP contribution >= 0.6 is 0 Å². The van der Waals surface area contributed by atoms with E-state index in [0.717, 1.165) is 19.1 Å². The van der Waals surface area contributed by atoms with Gasteiger partial charge in [0.05, 0.1) is 18.8 Å². The second-order valence-electron chi connectivity index (χ2n) is 7.09. The zero-order valence-electron chi connectivity index (χ0n) is 12.9. The molecule has 5 heteroatoms. The van der Waals surface area contributed by atoms with E-state index in [9.17, 15) is 9.90 Å². The average Bonchev–Trinajstić information content (AvgIpc) is 2.29. The first-order valence-corrected chi connectivity index (χ1v) is 10.1. The van der Waals surface area contributed by atoms with Crippen LogP contribution in [0.3, 0.4) is 0 Å². The van der Waals surface area contributed by atoms with Crippen LogP contribution < -0.4 is 5.32 Å². The second kappa shape index (κ2) is 6.48. The summed E-state index contributed by atoms with van der Waals surface area (Å²) in [5, 5.41) is 13.6. The molecule has 0 radical (unpaired) electrons. The Morgan fingerprint density at radius 2 is 2.00 bits per heavy atom. The molecule has 0 amide bonds. The zero-order valence-corrected chi connectivity index (χ0v) is 13.9. The van der Waals surface area contributed by atoms with Crippen molar-refractivity contribution in [1.82, 2.24) is 5.32 Å². The summed E-state index contributed by atoms with van der Waals surface area (Å²) in [4.78, 5) is 10.6. The molecule has 1 aliphatic rings. The Bertz CT molecular complexity index is 302. The lowest BCUT2D eigenvalue weighted by Crippen LogP contribution is -2.55. The fraction of sp³-hybridized carbons (Fsp3) is 0.929. The SMILES string of the molecule is CC(C)(C)[Si](C)(C)OC[C@H]1N[C@@H](CC=O)CC[C@@H]1O. The Labute approximate surface area is 118 Å². The van der Waals surface area contributed by atoms with E-state index in [1.165, 1.54) is 0 Å². The molecule has 4 nitrogen and oxygen atoms in total. The summed E-state index contributed by atoms with van der Waals surface area (Å²) in [6.07, 6.45) is 2.70. The number of aliphatic hydroxyl groups excluding tert-OH is 1. The van der Waals surface area contributed by atoms with Crippen molar-refractivity contribution < 1.29 is 14.3 Å². The minimum absolute atomic E-state index is 0.0483. The fourth-order valence-electron chi connectivity index (χ4n) is 2.05. The quantitative estimate of drug-likeness (QED) is 0.600. The molecule has 0 spiro atoms. The van der Waals surface area contributed by atoms with Gasteiger partial charge in [0.15, 0.2) is 8.32 Å². The molecular weight excluding hydrogens is 258 g/mol. The van der Waals surface area contributed by atoms with Gasteiger partial charge in [-0.05, 0) is 31.0 Å². The van der Waals surface area contributed by atoms with Crippen molar-refractivity contribution in [3.63, 3.8) is 0 Å². The first-order chi connectivity index (χ1) is 8.67. The van der Waals surface area contributed by atoms with Crippen molar-refractivity contribution in [1.29, 1.82) is 0 Å². The number of piperidine rings is 1. The molecule has 0 aromatic heterocycles. The van der Waals surface area contributed by atoms with Crippen molar-refractivity contribution in [2.45, 2.75) is 76.4 Å². The number of nitrogens with one attached hydrogen (secondary N) is 1. The zero-order chi connectivity index (χ0) is 14.7. The topological polar surface area (TPSA) is 58.6 Å². The van der Waals surface area contributed by atoms with Crippen LogP contribution in [0.5, 0.6) is 0 Å². The predicted molar refractivity (Wildman–Crippen MR) is 79.8 cm³/mol. The maximum absolute atomic E-state index is 10.6. The van der Waals surface area contributed by atoms with Gasteiger partial charge in [0.25, 0.3) is 0 Å². The summed E-state index contributed by atoms with van der Waals surface area (Å²) in [6.45, 7) is 11.6. The largest absolute Gasteiger partial charge is 0.415 e. The highest BCUT2D eigenvalue weighted by molar-refractivity contribution is 6.74. The summed E-state index contributed by atoms with van der Waals surface area (Å²) in [5.74, 6) is 0.